The van der Waals surface area contributed by atoms with E-state index in [-0.39, 0.29) is 5.91 Å². The molecule has 2 nitrogen and oxygen atoms in total. The molecule has 1 fully saturated rings. The maximum Gasteiger partial charge on any atom is 0.251 e. The van der Waals surface area contributed by atoms with Crippen molar-refractivity contribution in [1.82, 2.24) is 5.32 Å². The minimum Gasteiger partial charge on any atom is -0.351 e. The van der Waals surface area contributed by atoms with Crippen molar-refractivity contribution in [2.24, 2.45) is 0 Å². The molecule has 1 aromatic carbocycles. The standard InChI is InChI=1S/C13H16INOS/c1-17-13(6-3-7-13)9-15-12(16)10-4-2-5-11(14)8-10/h2,4-5,8H,3,6-7,9H2,1H3,(H,15,16). The first kappa shape index (κ1) is 13.2. The summed E-state index contributed by atoms with van der Waals surface area (Å²) >= 11 is 4.11. The van der Waals surface area contributed by atoms with Crippen LogP contribution in [0.3, 0.4) is 0 Å². The Kier molecular flexibility index (Phi) is 4.36. The van der Waals surface area contributed by atoms with Crippen molar-refractivity contribution >= 4 is 40.3 Å². The molecule has 1 amide bonds. The van der Waals surface area contributed by atoms with Crippen molar-refractivity contribution < 1.29 is 4.79 Å². The lowest BCUT2D eigenvalue weighted by molar-refractivity contribution is 0.0944. The molecule has 0 unspecified atom stereocenters. The van der Waals surface area contributed by atoms with Gasteiger partial charge in [-0.1, -0.05) is 12.5 Å². The fraction of sp³-hybridized carbons (Fsp3) is 0.462. The van der Waals surface area contributed by atoms with Gasteiger partial charge in [-0.25, -0.2) is 0 Å². The van der Waals surface area contributed by atoms with Crippen LogP contribution in [-0.2, 0) is 0 Å². The van der Waals surface area contributed by atoms with Crippen molar-refractivity contribution in [1.29, 1.82) is 0 Å². The number of thioether (sulfide) groups is 1. The van der Waals surface area contributed by atoms with Crippen LogP contribution in [-0.4, -0.2) is 23.5 Å². The first-order valence-electron chi connectivity index (χ1n) is 5.74. The van der Waals surface area contributed by atoms with Gasteiger partial charge in [0.2, 0.25) is 0 Å². The van der Waals surface area contributed by atoms with Crippen molar-refractivity contribution in [3.05, 3.63) is 33.4 Å². The zero-order chi connectivity index (χ0) is 12.3. The molecule has 0 bridgehead atoms. The topological polar surface area (TPSA) is 29.1 Å². The summed E-state index contributed by atoms with van der Waals surface area (Å²) in [6.45, 7) is 0.790. The molecule has 92 valence electrons. The summed E-state index contributed by atoms with van der Waals surface area (Å²) in [6, 6.07) is 7.70. The predicted molar refractivity (Wildman–Crippen MR) is 81.6 cm³/mol. The highest BCUT2D eigenvalue weighted by molar-refractivity contribution is 14.1. The first-order valence-corrected chi connectivity index (χ1v) is 8.04. The molecule has 0 spiro atoms. The molecule has 0 atom stereocenters. The van der Waals surface area contributed by atoms with Gasteiger partial charge in [0.25, 0.3) is 5.91 Å². The van der Waals surface area contributed by atoms with Gasteiger partial charge in [-0.15, -0.1) is 0 Å². The van der Waals surface area contributed by atoms with Gasteiger partial charge >= 0.3 is 0 Å². The molecule has 4 heteroatoms. The van der Waals surface area contributed by atoms with E-state index < -0.39 is 0 Å². The molecule has 0 heterocycles. The van der Waals surface area contributed by atoms with E-state index in [1.165, 1.54) is 19.3 Å². The maximum atomic E-state index is 12.0. The lowest BCUT2D eigenvalue weighted by Crippen LogP contribution is -2.45. The van der Waals surface area contributed by atoms with E-state index in [2.05, 4.69) is 34.2 Å². The van der Waals surface area contributed by atoms with Gasteiger partial charge in [-0.05, 0) is 59.9 Å². The molecule has 1 aliphatic rings. The van der Waals surface area contributed by atoms with E-state index in [9.17, 15) is 4.79 Å². The maximum absolute atomic E-state index is 12.0. The number of benzene rings is 1. The molecular weight excluding hydrogens is 345 g/mol. The van der Waals surface area contributed by atoms with Crippen LogP contribution in [0.5, 0.6) is 0 Å². The number of hydrogen-bond acceptors (Lipinski definition) is 2. The fourth-order valence-electron chi connectivity index (χ4n) is 2.00. The molecule has 0 aromatic heterocycles. The van der Waals surface area contributed by atoms with Crippen LogP contribution in [0.25, 0.3) is 0 Å². The van der Waals surface area contributed by atoms with Crippen LogP contribution >= 0.6 is 34.4 Å². The fourth-order valence-corrected chi connectivity index (χ4v) is 3.45. The Labute approximate surface area is 120 Å². The van der Waals surface area contributed by atoms with Crippen molar-refractivity contribution in [2.75, 3.05) is 12.8 Å². The minimum atomic E-state index is 0.0452. The van der Waals surface area contributed by atoms with Crippen LogP contribution in [0, 0.1) is 3.57 Å². The van der Waals surface area contributed by atoms with Crippen molar-refractivity contribution in [3.63, 3.8) is 0 Å². The first-order chi connectivity index (χ1) is 8.15. The summed E-state index contributed by atoms with van der Waals surface area (Å²) in [5.74, 6) is 0.0452. The Morgan fingerprint density at radius 3 is 2.82 bits per heavy atom. The van der Waals surface area contributed by atoms with Gasteiger partial charge in [0.1, 0.15) is 0 Å². The Morgan fingerprint density at radius 2 is 2.29 bits per heavy atom. The quantitative estimate of drug-likeness (QED) is 0.834. The van der Waals surface area contributed by atoms with Crippen molar-refractivity contribution in [2.45, 2.75) is 24.0 Å². The Hall–Kier alpha value is -0.230. The van der Waals surface area contributed by atoms with Gasteiger partial charge in [0.15, 0.2) is 0 Å². The Morgan fingerprint density at radius 1 is 1.53 bits per heavy atom. The van der Waals surface area contributed by atoms with E-state index in [4.69, 9.17) is 0 Å². The lowest BCUT2D eigenvalue weighted by atomic mass is 9.84. The highest BCUT2D eigenvalue weighted by Gasteiger charge is 2.36. The molecule has 0 saturated heterocycles. The second kappa shape index (κ2) is 5.61. The van der Waals surface area contributed by atoms with Crippen LogP contribution in [0.15, 0.2) is 24.3 Å². The van der Waals surface area contributed by atoms with E-state index in [0.29, 0.717) is 4.75 Å². The normalized spacial score (nSPS) is 17.3. The van der Waals surface area contributed by atoms with E-state index in [1.54, 1.807) is 0 Å². The molecule has 17 heavy (non-hydrogen) atoms. The van der Waals surface area contributed by atoms with Gasteiger partial charge < -0.3 is 5.32 Å². The molecular formula is C13H16INOS. The number of hydrogen-bond donors (Lipinski definition) is 1. The molecule has 0 radical (unpaired) electrons. The van der Waals surface area contributed by atoms with Crippen molar-refractivity contribution in [3.8, 4) is 0 Å². The zero-order valence-corrected chi connectivity index (χ0v) is 12.8. The minimum absolute atomic E-state index is 0.0452. The molecule has 1 aliphatic carbocycles. The molecule has 1 saturated carbocycles. The van der Waals surface area contributed by atoms with E-state index in [0.717, 1.165) is 15.7 Å². The summed E-state index contributed by atoms with van der Waals surface area (Å²) in [5.41, 5.74) is 0.757. The molecule has 2 rings (SSSR count). The third kappa shape index (κ3) is 3.16. The monoisotopic (exact) mass is 361 g/mol. The number of carbonyl (C=O) groups is 1. The second-order valence-electron chi connectivity index (χ2n) is 4.43. The summed E-state index contributed by atoms with van der Waals surface area (Å²) in [6.07, 6.45) is 5.87. The highest BCUT2D eigenvalue weighted by Crippen LogP contribution is 2.42. The van der Waals surface area contributed by atoms with Gasteiger partial charge in [0, 0.05) is 20.4 Å². The average molecular weight is 361 g/mol. The van der Waals surface area contributed by atoms with Gasteiger partial charge in [0.05, 0.1) is 0 Å². The lowest BCUT2D eigenvalue weighted by Gasteiger charge is -2.40. The number of carbonyl (C=O) groups excluding carboxylic acids is 1. The summed E-state index contributed by atoms with van der Waals surface area (Å²) in [7, 11) is 0. The number of rotatable bonds is 4. The van der Waals surface area contributed by atoms with Crippen LogP contribution in [0.1, 0.15) is 29.6 Å². The summed E-state index contributed by atoms with van der Waals surface area (Å²) in [4.78, 5) is 12.0. The third-order valence-corrected chi connectivity index (χ3v) is 5.45. The SMILES string of the molecule is CSC1(CNC(=O)c2cccc(I)c2)CCC1. The van der Waals surface area contributed by atoms with E-state index in [1.807, 2.05) is 36.0 Å². The van der Waals surface area contributed by atoms with Gasteiger partial charge in [-0.3, -0.25) is 4.79 Å². The number of amides is 1. The number of nitrogens with one attached hydrogen (secondary N) is 1. The van der Waals surface area contributed by atoms with E-state index >= 15 is 0 Å². The van der Waals surface area contributed by atoms with Crippen LogP contribution in [0.2, 0.25) is 0 Å². The molecule has 1 aromatic rings. The van der Waals surface area contributed by atoms with Gasteiger partial charge in [-0.2, -0.15) is 11.8 Å². The summed E-state index contributed by atoms with van der Waals surface area (Å²) in [5, 5.41) is 3.06. The average Bonchev–Trinajstić information content (AvgIpc) is 2.28. The largest absolute Gasteiger partial charge is 0.351 e. The Bertz CT molecular complexity index is 412. The third-order valence-electron chi connectivity index (χ3n) is 3.36. The Balaban J connectivity index is 1.93. The zero-order valence-electron chi connectivity index (χ0n) is 9.83. The van der Waals surface area contributed by atoms with Crippen LogP contribution in [0.4, 0.5) is 0 Å². The second-order valence-corrected chi connectivity index (χ2v) is 6.95. The summed E-state index contributed by atoms with van der Waals surface area (Å²) < 4.78 is 1.40. The smallest absolute Gasteiger partial charge is 0.251 e. The predicted octanol–water partition coefficient (Wildman–Crippen LogP) is 3.31. The molecule has 1 N–H and O–H groups in total. The highest BCUT2D eigenvalue weighted by atomic mass is 127. The number of halogens is 1. The molecule has 0 aliphatic heterocycles. The van der Waals surface area contributed by atoms with Crippen LogP contribution < -0.4 is 5.32 Å².